The molecule has 1 unspecified atom stereocenters. The maximum atomic E-state index is 10.9. The molecule has 0 bridgehead atoms. The van der Waals surface area contributed by atoms with Crippen molar-refractivity contribution in [1.29, 1.82) is 0 Å². The summed E-state index contributed by atoms with van der Waals surface area (Å²) in [7, 11) is 0. The lowest BCUT2D eigenvalue weighted by molar-refractivity contribution is -0.385. The molecule has 0 spiro atoms. The SMILES string of the molecule is Cc1c([N+](=O)[O-])cnc(NC(C)CCc2ccco2)c1Br. The van der Waals surface area contributed by atoms with Gasteiger partial charge in [0.1, 0.15) is 17.8 Å². The standard InChI is InChI=1S/C14H16BrN3O3/c1-9(5-6-11-4-3-7-21-11)17-14-13(15)10(2)12(8-16-14)18(19)20/h3-4,7-9H,5-6H2,1-2H3,(H,16,17). The Bertz CT molecular complexity index is 629. The number of nitrogens with zero attached hydrogens (tertiary/aromatic N) is 2. The molecule has 7 heteroatoms. The molecule has 0 aliphatic carbocycles. The van der Waals surface area contributed by atoms with Crippen LogP contribution in [0, 0.1) is 17.0 Å². The summed E-state index contributed by atoms with van der Waals surface area (Å²) in [6.45, 7) is 3.73. The zero-order valence-corrected chi connectivity index (χ0v) is 13.4. The van der Waals surface area contributed by atoms with Crippen LogP contribution in [0.25, 0.3) is 0 Å². The van der Waals surface area contributed by atoms with Crippen LogP contribution in [0.15, 0.2) is 33.5 Å². The highest BCUT2D eigenvalue weighted by Gasteiger charge is 2.18. The summed E-state index contributed by atoms with van der Waals surface area (Å²) >= 11 is 3.37. The number of hydrogen-bond acceptors (Lipinski definition) is 5. The predicted octanol–water partition coefficient (Wildman–Crippen LogP) is 4.09. The molecule has 0 aliphatic rings. The minimum absolute atomic E-state index is 0.00987. The van der Waals surface area contributed by atoms with Crippen LogP contribution in [0.5, 0.6) is 0 Å². The summed E-state index contributed by atoms with van der Waals surface area (Å²) in [6.07, 6.45) is 4.63. The molecule has 2 aromatic rings. The lowest BCUT2D eigenvalue weighted by atomic mass is 10.1. The van der Waals surface area contributed by atoms with Crippen molar-refractivity contribution in [2.75, 3.05) is 5.32 Å². The zero-order valence-electron chi connectivity index (χ0n) is 11.8. The third-order valence-electron chi connectivity index (χ3n) is 3.22. The second-order valence-electron chi connectivity index (χ2n) is 4.85. The maximum Gasteiger partial charge on any atom is 0.291 e. The first-order valence-corrected chi connectivity index (χ1v) is 7.36. The Balaban J connectivity index is 2.02. The summed E-state index contributed by atoms with van der Waals surface area (Å²) in [5.41, 5.74) is 0.575. The number of halogens is 1. The van der Waals surface area contributed by atoms with E-state index in [0.717, 1.165) is 18.6 Å². The quantitative estimate of drug-likeness (QED) is 0.624. The number of furan rings is 1. The van der Waals surface area contributed by atoms with Gasteiger partial charge < -0.3 is 9.73 Å². The first-order valence-electron chi connectivity index (χ1n) is 6.57. The number of aromatic nitrogens is 1. The summed E-state index contributed by atoms with van der Waals surface area (Å²) in [6, 6.07) is 3.97. The minimum atomic E-state index is -0.433. The van der Waals surface area contributed by atoms with E-state index >= 15 is 0 Å². The Morgan fingerprint density at radius 1 is 1.57 bits per heavy atom. The lowest BCUT2D eigenvalue weighted by Gasteiger charge is -2.15. The van der Waals surface area contributed by atoms with Crippen LogP contribution in [0.1, 0.15) is 24.7 Å². The molecule has 0 radical (unpaired) electrons. The predicted molar refractivity (Wildman–Crippen MR) is 83.4 cm³/mol. The number of anilines is 1. The molecule has 2 aromatic heterocycles. The Morgan fingerprint density at radius 3 is 2.95 bits per heavy atom. The molecule has 0 fully saturated rings. The van der Waals surface area contributed by atoms with E-state index in [1.54, 1.807) is 13.2 Å². The van der Waals surface area contributed by atoms with Gasteiger partial charge in [-0.2, -0.15) is 0 Å². The van der Waals surface area contributed by atoms with Gasteiger partial charge in [0.05, 0.1) is 15.7 Å². The van der Waals surface area contributed by atoms with Crippen LogP contribution in [0.3, 0.4) is 0 Å². The lowest BCUT2D eigenvalue weighted by Crippen LogP contribution is -2.17. The smallest absolute Gasteiger partial charge is 0.291 e. The van der Waals surface area contributed by atoms with Crippen LogP contribution in [-0.2, 0) is 6.42 Å². The number of rotatable bonds is 6. The highest BCUT2D eigenvalue weighted by Crippen LogP contribution is 2.31. The Kier molecular flexibility index (Phi) is 4.95. The van der Waals surface area contributed by atoms with Crippen molar-refractivity contribution in [3.63, 3.8) is 0 Å². The molecule has 1 N–H and O–H groups in total. The van der Waals surface area contributed by atoms with Crippen molar-refractivity contribution < 1.29 is 9.34 Å². The monoisotopic (exact) mass is 353 g/mol. The fraction of sp³-hybridized carbons (Fsp3) is 0.357. The van der Waals surface area contributed by atoms with E-state index in [2.05, 4.69) is 26.2 Å². The van der Waals surface area contributed by atoms with Crippen molar-refractivity contribution in [2.45, 2.75) is 32.7 Å². The van der Waals surface area contributed by atoms with Crippen molar-refractivity contribution in [3.05, 3.63) is 50.5 Å². The van der Waals surface area contributed by atoms with E-state index in [9.17, 15) is 10.1 Å². The van der Waals surface area contributed by atoms with E-state index in [1.807, 2.05) is 19.1 Å². The van der Waals surface area contributed by atoms with Gasteiger partial charge in [0, 0.05) is 18.0 Å². The average Bonchev–Trinajstić information content (AvgIpc) is 2.94. The summed E-state index contributed by atoms with van der Waals surface area (Å²) in [4.78, 5) is 14.5. The van der Waals surface area contributed by atoms with Gasteiger partial charge in [-0.05, 0) is 48.3 Å². The molecule has 1 atom stereocenters. The molecule has 21 heavy (non-hydrogen) atoms. The highest BCUT2D eigenvalue weighted by atomic mass is 79.9. The van der Waals surface area contributed by atoms with Crippen LogP contribution >= 0.6 is 15.9 Å². The minimum Gasteiger partial charge on any atom is -0.469 e. The molecule has 0 amide bonds. The Morgan fingerprint density at radius 2 is 2.33 bits per heavy atom. The number of nitrogens with one attached hydrogen (secondary N) is 1. The first-order chi connectivity index (χ1) is 9.99. The number of pyridine rings is 1. The van der Waals surface area contributed by atoms with Gasteiger partial charge in [-0.25, -0.2) is 4.98 Å². The molecule has 2 rings (SSSR count). The fourth-order valence-corrected chi connectivity index (χ4v) is 2.39. The van der Waals surface area contributed by atoms with Gasteiger partial charge in [0.25, 0.3) is 5.69 Å². The van der Waals surface area contributed by atoms with E-state index < -0.39 is 4.92 Å². The zero-order chi connectivity index (χ0) is 15.4. The number of hydrogen-bond donors (Lipinski definition) is 1. The third kappa shape index (κ3) is 3.81. The second-order valence-corrected chi connectivity index (χ2v) is 5.64. The summed E-state index contributed by atoms with van der Waals surface area (Å²) in [5, 5.41) is 14.1. The van der Waals surface area contributed by atoms with Gasteiger partial charge in [-0.1, -0.05) is 0 Å². The van der Waals surface area contributed by atoms with Crippen molar-refractivity contribution in [3.8, 4) is 0 Å². The van der Waals surface area contributed by atoms with Crippen LogP contribution in [-0.4, -0.2) is 15.9 Å². The van der Waals surface area contributed by atoms with E-state index in [1.165, 1.54) is 6.20 Å². The third-order valence-corrected chi connectivity index (χ3v) is 4.19. The summed E-state index contributed by atoms with van der Waals surface area (Å²) in [5.74, 6) is 1.56. The molecule has 2 heterocycles. The van der Waals surface area contributed by atoms with E-state index in [4.69, 9.17) is 4.42 Å². The molecule has 112 valence electrons. The summed E-state index contributed by atoms with van der Waals surface area (Å²) < 4.78 is 5.92. The van der Waals surface area contributed by atoms with E-state index in [0.29, 0.717) is 15.9 Å². The number of nitro groups is 1. The van der Waals surface area contributed by atoms with Crippen LogP contribution in [0.2, 0.25) is 0 Å². The Hall–Kier alpha value is -1.89. The van der Waals surface area contributed by atoms with Gasteiger partial charge in [0.15, 0.2) is 0 Å². The topological polar surface area (TPSA) is 81.2 Å². The van der Waals surface area contributed by atoms with E-state index in [-0.39, 0.29) is 11.7 Å². The van der Waals surface area contributed by atoms with Crippen LogP contribution in [0.4, 0.5) is 11.5 Å². The second kappa shape index (κ2) is 6.71. The molecule has 0 aliphatic heterocycles. The van der Waals surface area contributed by atoms with Gasteiger partial charge in [-0.15, -0.1) is 0 Å². The van der Waals surface area contributed by atoms with Crippen molar-refractivity contribution in [2.24, 2.45) is 0 Å². The van der Waals surface area contributed by atoms with Gasteiger partial charge in [0.2, 0.25) is 0 Å². The fourth-order valence-electron chi connectivity index (χ4n) is 1.97. The molecular formula is C14H16BrN3O3. The first kappa shape index (κ1) is 15.5. The van der Waals surface area contributed by atoms with Gasteiger partial charge >= 0.3 is 0 Å². The Labute approximate surface area is 130 Å². The number of aryl methyl sites for hydroxylation is 1. The molecule has 0 saturated carbocycles. The van der Waals surface area contributed by atoms with Crippen molar-refractivity contribution in [1.82, 2.24) is 4.98 Å². The van der Waals surface area contributed by atoms with Crippen molar-refractivity contribution >= 4 is 27.4 Å². The maximum absolute atomic E-state index is 10.9. The largest absolute Gasteiger partial charge is 0.469 e. The molecule has 0 aromatic carbocycles. The molecular weight excluding hydrogens is 338 g/mol. The van der Waals surface area contributed by atoms with Gasteiger partial charge in [-0.3, -0.25) is 10.1 Å². The average molecular weight is 354 g/mol. The molecule has 6 nitrogen and oxygen atoms in total. The van der Waals surface area contributed by atoms with Crippen LogP contribution < -0.4 is 5.32 Å². The normalized spacial score (nSPS) is 12.1. The molecule has 0 saturated heterocycles. The highest BCUT2D eigenvalue weighted by molar-refractivity contribution is 9.10.